The van der Waals surface area contributed by atoms with Crippen LogP contribution in [-0.2, 0) is 10.9 Å². The van der Waals surface area contributed by atoms with E-state index in [-0.39, 0.29) is 12.0 Å². The molecule has 1 fully saturated rings. The molecule has 1 aromatic rings. The summed E-state index contributed by atoms with van der Waals surface area (Å²) in [5, 5.41) is 3.22. The molecule has 1 saturated heterocycles. The molecular weight excluding hydrogens is 286 g/mol. The smallest absolute Gasteiger partial charge is 0.381 e. The molecule has 21 heavy (non-hydrogen) atoms. The van der Waals surface area contributed by atoms with Gasteiger partial charge >= 0.3 is 6.18 Å². The molecule has 1 aromatic carbocycles. The Kier molecular flexibility index (Phi) is 5.22. The first-order valence-electron chi connectivity index (χ1n) is 7.11. The number of hydrogen-bond acceptors (Lipinski definition) is 2. The molecule has 118 valence electrons. The molecule has 1 atom stereocenters. The maximum atomic E-state index is 13.4. The number of halogens is 4. The first kappa shape index (κ1) is 16.2. The highest BCUT2D eigenvalue weighted by Gasteiger charge is 2.35. The van der Waals surface area contributed by atoms with Gasteiger partial charge in [0.1, 0.15) is 5.82 Å². The molecule has 0 spiro atoms. The van der Waals surface area contributed by atoms with Crippen LogP contribution in [-0.4, -0.2) is 19.8 Å². The lowest BCUT2D eigenvalue weighted by Crippen LogP contribution is -2.32. The van der Waals surface area contributed by atoms with Gasteiger partial charge in [0.2, 0.25) is 0 Å². The minimum Gasteiger partial charge on any atom is -0.381 e. The first-order chi connectivity index (χ1) is 9.93. The van der Waals surface area contributed by atoms with Crippen molar-refractivity contribution in [3.05, 3.63) is 35.1 Å². The number of ether oxygens (including phenoxy) is 1. The van der Waals surface area contributed by atoms with Crippen molar-refractivity contribution < 1.29 is 22.3 Å². The summed E-state index contributed by atoms with van der Waals surface area (Å²) in [6, 6.07) is 3.06. The summed E-state index contributed by atoms with van der Waals surface area (Å²) in [6.07, 6.45) is -3.10. The van der Waals surface area contributed by atoms with E-state index in [0.29, 0.717) is 25.3 Å². The van der Waals surface area contributed by atoms with E-state index in [4.69, 9.17) is 4.74 Å². The van der Waals surface area contributed by atoms with Crippen LogP contribution in [0.4, 0.5) is 17.6 Å². The predicted molar refractivity (Wildman–Crippen MR) is 71.4 cm³/mol. The van der Waals surface area contributed by atoms with E-state index < -0.39 is 17.6 Å². The van der Waals surface area contributed by atoms with E-state index >= 15 is 0 Å². The Morgan fingerprint density at radius 2 is 1.95 bits per heavy atom. The third-order valence-corrected chi connectivity index (χ3v) is 3.82. The van der Waals surface area contributed by atoms with E-state index in [1.165, 1.54) is 6.07 Å². The van der Waals surface area contributed by atoms with Crippen molar-refractivity contribution in [1.82, 2.24) is 5.32 Å². The Labute approximate surface area is 121 Å². The lowest BCUT2D eigenvalue weighted by molar-refractivity contribution is -0.140. The normalized spacial score (nSPS) is 18.7. The highest BCUT2D eigenvalue weighted by Crippen LogP contribution is 2.36. The van der Waals surface area contributed by atoms with Crippen LogP contribution < -0.4 is 5.32 Å². The SMILES string of the molecule is CCNC(c1ccc(F)c(C(F)(F)F)c1)C1CCOCC1. The largest absolute Gasteiger partial charge is 0.419 e. The Balaban J connectivity index is 2.31. The quantitative estimate of drug-likeness (QED) is 0.851. The maximum Gasteiger partial charge on any atom is 0.419 e. The van der Waals surface area contributed by atoms with Gasteiger partial charge in [0.15, 0.2) is 0 Å². The summed E-state index contributed by atoms with van der Waals surface area (Å²) in [7, 11) is 0. The zero-order valence-corrected chi connectivity index (χ0v) is 11.8. The molecule has 1 heterocycles. The van der Waals surface area contributed by atoms with E-state index in [2.05, 4.69) is 5.32 Å². The lowest BCUT2D eigenvalue weighted by Gasteiger charge is -2.31. The van der Waals surface area contributed by atoms with Crippen molar-refractivity contribution in [2.24, 2.45) is 5.92 Å². The maximum absolute atomic E-state index is 13.4. The number of benzene rings is 1. The average molecular weight is 305 g/mol. The van der Waals surface area contributed by atoms with Crippen molar-refractivity contribution in [2.75, 3.05) is 19.8 Å². The van der Waals surface area contributed by atoms with Gasteiger partial charge in [0.05, 0.1) is 5.56 Å². The molecule has 1 unspecified atom stereocenters. The highest BCUT2D eigenvalue weighted by atomic mass is 19.4. The van der Waals surface area contributed by atoms with Gasteiger partial charge in [-0.25, -0.2) is 4.39 Å². The van der Waals surface area contributed by atoms with Crippen LogP contribution in [0.15, 0.2) is 18.2 Å². The van der Waals surface area contributed by atoms with Gasteiger partial charge < -0.3 is 10.1 Å². The summed E-state index contributed by atoms with van der Waals surface area (Å²) in [4.78, 5) is 0. The van der Waals surface area contributed by atoms with Gasteiger partial charge in [-0.15, -0.1) is 0 Å². The van der Waals surface area contributed by atoms with Crippen LogP contribution in [0, 0.1) is 11.7 Å². The van der Waals surface area contributed by atoms with Crippen LogP contribution in [0.1, 0.15) is 36.9 Å². The molecular formula is C15H19F4NO. The lowest BCUT2D eigenvalue weighted by atomic mass is 9.86. The van der Waals surface area contributed by atoms with Gasteiger partial charge in [-0.3, -0.25) is 0 Å². The second-order valence-corrected chi connectivity index (χ2v) is 5.22. The Morgan fingerprint density at radius 3 is 2.52 bits per heavy atom. The Hall–Kier alpha value is -1.14. The average Bonchev–Trinajstić information content (AvgIpc) is 2.45. The van der Waals surface area contributed by atoms with E-state index in [9.17, 15) is 17.6 Å². The van der Waals surface area contributed by atoms with Crippen molar-refractivity contribution >= 4 is 0 Å². The molecule has 0 radical (unpaired) electrons. The van der Waals surface area contributed by atoms with Crippen LogP contribution in [0.2, 0.25) is 0 Å². The molecule has 2 nitrogen and oxygen atoms in total. The highest BCUT2D eigenvalue weighted by molar-refractivity contribution is 5.30. The van der Waals surface area contributed by atoms with Gasteiger partial charge in [-0.1, -0.05) is 13.0 Å². The molecule has 0 bridgehead atoms. The summed E-state index contributed by atoms with van der Waals surface area (Å²) in [5.41, 5.74) is -0.715. The van der Waals surface area contributed by atoms with Gasteiger partial charge in [0.25, 0.3) is 0 Å². The third kappa shape index (κ3) is 3.95. The minimum atomic E-state index is -4.67. The fourth-order valence-electron chi connectivity index (χ4n) is 2.78. The Morgan fingerprint density at radius 1 is 1.29 bits per heavy atom. The van der Waals surface area contributed by atoms with E-state index in [0.717, 1.165) is 25.0 Å². The Bertz CT molecular complexity index is 469. The first-order valence-corrected chi connectivity index (χ1v) is 7.11. The second kappa shape index (κ2) is 6.75. The number of alkyl halides is 3. The number of hydrogen-bond donors (Lipinski definition) is 1. The fourth-order valence-corrected chi connectivity index (χ4v) is 2.78. The zero-order valence-electron chi connectivity index (χ0n) is 11.8. The second-order valence-electron chi connectivity index (χ2n) is 5.22. The topological polar surface area (TPSA) is 21.3 Å². The van der Waals surface area contributed by atoms with E-state index in [1.54, 1.807) is 0 Å². The molecule has 1 aliphatic rings. The zero-order chi connectivity index (χ0) is 15.5. The third-order valence-electron chi connectivity index (χ3n) is 3.82. The van der Waals surface area contributed by atoms with Gasteiger partial charge in [0, 0.05) is 19.3 Å². The van der Waals surface area contributed by atoms with Crippen LogP contribution >= 0.6 is 0 Å². The number of rotatable bonds is 4. The fraction of sp³-hybridized carbons (Fsp3) is 0.600. The van der Waals surface area contributed by atoms with Crippen LogP contribution in [0.3, 0.4) is 0 Å². The molecule has 0 saturated carbocycles. The van der Waals surface area contributed by atoms with Crippen LogP contribution in [0.25, 0.3) is 0 Å². The molecule has 2 rings (SSSR count). The number of nitrogens with one attached hydrogen (secondary N) is 1. The molecule has 0 aliphatic carbocycles. The van der Waals surface area contributed by atoms with Gasteiger partial charge in [-0.2, -0.15) is 13.2 Å². The molecule has 0 aromatic heterocycles. The van der Waals surface area contributed by atoms with Gasteiger partial charge in [-0.05, 0) is 43.0 Å². The molecule has 6 heteroatoms. The molecule has 0 amide bonds. The summed E-state index contributed by atoms with van der Waals surface area (Å²) in [6.45, 7) is 3.76. The summed E-state index contributed by atoms with van der Waals surface area (Å²) < 4.78 is 57.2. The summed E-state index contributed by atoms with van der Waals surface area (Å²) in [5.74, 6) is -1.03. The van der Waals surface area contributed by atoms with Crippen molar-refractivity contribution in [3.8, 4) is 0 Å². The van der Waals surface area contributed by atoms with Crippen molar-refractivity contribution in [2.45, 2.75) is 32.0 Å². The monoisotopic (exact) mass is 305 g/mol. The molecule has 1 aliphatic heterocycles. The minimum absolute atomic E-state index is 0.199. The van der Waals surface area contributed by atoms with Crippen molar-refractivity contribution in [3.63, 3.8) is 0 Å². The standard InChI is InChI=1S/C15H19F4NO/c1-2-20-14(10-5-7-21-8-6-10)11-3-4-13(16)12(9-11)15(17,18)19/h3-4,9-10,14,20H,2,5-8H2,1H3. The summed E-state index contributed by atoms with van der Waals surface area (Å²) >= 11 is 0. The van der Waals surface area contributed by atoms with Crippen molar-refractivity contribution in [1.29, 1.82) is 0 Å². The predicted octanol–water partition coefficient (Wildman–Crippen LogP) is 3.92. The molecule has 1 N–H and O–H groups in total. The van der Waals surface area contributed by atoms with Crippen LogP contribution in [0.5, 0.6) is 0 Å². The van der Waals surface area contributed by atoms with E-state index in [1.807, 2.05) is 6.92 Å².